The number of aliphatic hydroxyl groups is 2. The van der Waals surface area contributed by atoms with Gasteiger partial charge < -0.3 is 25.8 Å². The highest BCUT2D eigenvalue weighted by atomic mass is 16.3. The van der Waals surface area contributed by atoms with Crippen LogP contribution in [0.2, 0.25) is 0 Å². The number of nitrogen functional groups attached to an aromatic ring is 1. The molecule has 0 amide bonds. The number of pyridine rings is 2. The Hall–Kier alpha value is -3.04. The largest absolute Gasteiger partial charge is 0.394 e. The number of anilines is 2. The summed E-state index contributed by atoms with van der Waals surface area (Å²) in [5.41, 5.74) is 6.13. The summed E-state index contributed by atoms with van der Waals surface area (Å²) in [6.07, 6.45) is 4.71. The van der Waals surface area contributed by atoms with E-state index in [4.69, 9.17) is 5.73 Å². The van der Waals surface area contributed by atoms with Gasteiger partial charge in [0.15, 0.2) is 0 Å². The van der Waals surface area contributed by atoms with Gasteiger partial charge in [0.05, 0.1) is 30.3 Å². The van der Waals surface area contributed by atoms with Crippen molar-refractivity contribution in [1.82, 2.24) is 19.5 Å². The molecule has 3 heterocycles. The highest BCUT2D eigenvalue weighted by Gasteiger charge is 2.19. The highest BCUT2D eigenvalue weighted by molar-refractivity contribution is 5.94. The minimum absolute atomic E-state index is 0.166. The number of hydrogen-bond donors (Lipinski definition) is 4. The normalized spacial score (nSPS) is 11.9. The van der Waals surface area contributed by atoms with Gasteiger partial charge in [0.1, 0.15) is 5.82 Å². The maximum Gasteiger partial charge on any atom is 0.262 e. The molecule has 3 aromatic heterocycles. The highest BCUT2D eigenvalue weighted by Crippen LogP contribution is 2.27. The fourth-order valence-electron chi connectivity index (χ4n) is 2.86. The van der Waals surface area contributed by atoms with Crippen molar-refractivity contribution < 1.29 is 10.2 Å². The van der Waals surface area contributed by atoms with Gasteiger partial charge >= 0.3 is 0 Å². The smallest absolute Gasteiger partial charge is 0.262 e. The summed E-state index contributed by atoms with van der Waals surface area (Å²) in [5, 5.41) is 23.3. The van der Waals surface area contributed by atoms with E-state index in [2.05, 4.69) is 20.3 Å². The molecule has 0 bridgehead atoms. The van der Waals surface area contributed by atoms with E-state index in [-0.39, 0.29) is 30.3 Å². The van der Waals surface area contributed by atoms with E-state index in [9.17, 15) is 15.0 Å². The number of nitrogens with two attached hydrogens (primary N) is 1. The first-order chi connectivity index (χ1) is 13.2. The van der Waals surface area contributed by atoms with Crippen molar-refractivity contribution in [2.75, 3.05) is 24.3 Å². The zero-order valence-corrected chi connectivity index (χ0v) is 16.0. The Morgan fingerprint density at radius 1 is 1.21 bits per heavy atom. The van der Waals surface area contributed by atoms with Gasteiger partial charge in [-0.25, -0.2) is 15.0 Å². The van der Waals surface area contributed by atoms with Crippen molar-refractivity contribution in [1.29, 1.82) is 0 Å². The number of nitrogens with one attached hydrogen (secondary N) is 1. The van der Waals surface area contributed by atoms with Crippen LogP contribution >= 0.6 is 0 Å². The van der Waals surface area contributed by atoms with Crippen LogP contribution in [-0.4, -0.2) is 48.5 Å². The lowest BCUT2D eigenvalue weighted by molar-refractivity contribution is 0.152. The Morgan fingerprint density at radius 3 is 2.43 bits per heavy atom. The summed E-state index contributed by atoms with van der Waals surface area (Å²) in [4.78, 5) is 25.7. The van der Waals surface area contributed by atoms with Crippen molar-refractivity contribution in [3.63, 3.8) is 0 Å². The molecule has 5 N–H and O–H groups in total. The van der Waals surface area contributed by atoms with Crippen LogP contribution in [-0.2, 0) is 0 Å². The lowest BCUT2D eigenvalue weighted by Gasteiger charge is -2.23. The monoisotopic (exact) mass is 384 g/mol. The van der Waals surface area contributed by atoms with Crippen LogP contribution in [0.25, 0.3) is 22.0 Å². The first-order valence-corrected chi connectivity index (χ1v) is 8.87. The van der Waals surface area contributed by atoms with Gasteiger partial charge in [-0.15, -0.1) is 0 Å². The van der Waals surface area contributed by atoms with Gasteiger partial charge in [0.2, 0.25) is 5.95 Å². The maximum absolute atomic E-state index is 13.1. The van der Waals surface area contributed by atoms with Crippen LogP contribution in [0, 0.1) is 0 Å². The Labute approximate surface area is 161 Å². The van der Waals surface area contributed by atoms with Crippen LogP contribution in [0.5, 0.6) is 0 Å². The fraction of sp³-hybridized carbons (Fsp3) is 0.368. The van der Waals surface area contributed by atoms with Gasteiger partial charge in [-0.05, 0) is 38.3 Å². The molecular formula is C19H24N6O3. The van der Waals surface area contributed by atoms with E-state index in [1.54, 1.807) is 30.7 Å². The number of aromatic nitrogens is 4. The summed E-state index contributed by atoms with van der Waals surface area (Å²) < 4.78 is 1.32. The summed E-state index contributed by atoms with van der Waals surface area (Å²) >= 11 is 0. The SMILES string of the molecule is CC(C)(C)Nc1nc(-c2cnc(N)nc2)cc2ccn(C(CO)CO)c(=O)c12. The topological polar surface area (TPSA) is 139 Å². The molecule has 0 unspecified atom stereocenters. The van der Waals surface area contributed by atoms with Crippen molar-refractivity contribution in [2.45, 2.75) is 32.4 Å². The van der Waals surface area contributed by atoms with Crippen LogP contribution in [0.4, 0.5) is 11.8 Å². The third kappa shape index (κ3) is 3.95. The Kier molecular flexibility index (Phi) is 5.30. The molecule has 0 radical (unpaired) electrons. The van der Waals surface area contributed by atoms with E-state index in [0.29, 0.717) is 27.8 Å². The molecule has 0 saturated heterocycles. The van der Waals surface area contributed by atoms with Gasteiger partial charge in [0.25, 0.3) is 5.56 Å². The van der Waals surface area contributed by atoms with Crippen LogP contribution in [0.1, 0.15) is 26.8 Å². The van der Waals surface area contributed by atoms with E-state index < -0.39 is 6.04 Å². The summed E-state index contributed by atoms with van der Waals surface area (Å²) in [6, 6.07) is 2.81. The quantitative estimate of drug-likeness (QED) is 0.514. The van der Waals surface area contributed by atoms with Crippen molar-refractivity contribution in [3.8, 4) is 11.3 Å². The molecule has 148 valence electrons. The minimum Gasteiger partial charge on any atom is -0.394 e. The van der Waals surface area contributed by atoms with E-state index in [0.717, 1.165) is 0 Å². The fourth-order valence-corrected chi connectivity index (χ4v) is 2.86. The average Bonchev–Trinajstić information content (AvgIpc) is 2.63. The number of aliphatic hydroxyl groups excluding tert-OH is 2. The first kappa shape index (κ1) is 19.7. The Bertz CT molecular complexity index is 1040. The number of rotatable bonds is 5. The molecule has 3 aromatic rings. The lowest BCUT2D eigenvalue weighted by atomic mass is 10.1. The third-order valence-electron chi connectivity index (χ3n) is 4.19. The molecule has 0 fully saturated rings. The average molecular weight is 384 g/mol. The predicted octanol–water partition coefficient (Wildman–Crippen LogP) is 1.17. The van der Waals surface area contributed by atoms with Crippen LogP contribution < -0.4 is 16.6 Å². The second kappa shape index (κ2) is 7.53. The predicted molar refractivity (Wildman–Crippen MR) is 108 cm³/mol. The standard InChI is InChI=1S/C19H24N6O3/c1-19(2,3)24-16-15-11(4-5-25(17(15)28)13(9-26)10-27)6-14(23-16)12-7-21-18(20)22-8-12/h4-8,13,26-27H,9-10H2,1-3H3,(H,23,24)(H2,20,21,22). The molecule has 9 nitrogen and oxygen atoms in total. The zero-order valence-electron chi connectivity index (χ0n) is 16.0. The molecule has 0 aliphatic carbocycles. The Balaban J connectivity index is 2.27. The van der Waals surface area contributed by atoms with E-state index in [1.165, 1.54) is 4.57 Å². The van der Waals surface area contributed by atoms with E-state index in [1.807, 2.05) is 20.8 Å². The van der Waals surface area contributed by atoms with Crippen molar-refractivity contribution >= 4 is 22.5 Å². The second-order valence-electron chi connectivity index (χ2n) is 7.57. The summed E-state index contributed by atoms with van der Waals surface area (Å²) in [6.45, 7) is 5.19. The number of hydrogen-bond acceptors (Lipinski definition) is 8. The third-order valence-corrected chi connectivity index (χ3v) is 4.19. The molecule has 9 heteroatoms. The molecule has 0 aliphatic rings. The van der Waals surface area contributed by atoms with Gasteiger partial charge in [0, 0.05) is 29.7 Å². The van der Waals surface area contributed by atoms with Gasteiger partial charge in [-0.2, -0.15) is 0 Å². The molecule has 3 rings (SSSR count). The van der Waals surface area contributed by atoms with Gasteiger partial charge in [-0.3, -0.25) is 4.79 Å². The Morgan fingerprint density at radius 2 is 1.86 bits per heavy atom. The lowest BCUT2D eigenvalue weighted by Crippen LogP contribution is -2.31. The minimum atomic E-state index is -0.718. The van der Waals surface area contributed by atoms with Gasteiger partial charge in [-0.1, -0.05) is 0 Å². The summed E-state index contributed by atoms with van der Waals surface area (Å²) in [7, 11) is 0. The molecular weight excluding hydrogens is 360 g/mol. The number of fused-ring (bicyclic) bond motifs is 1. The second-order valence-corrected chi connectivity index (χ2v) is 7.57. The molecule has 0 spiro atoms. The maximum atomic E-state index is 13.1. The van der Waals surface area contributed by atoms with Crippen LogP contribution in [0.3, 0.4) is 0 Å². The molecule has 0 aliphatic heterocycles. The molecule has 28 heavy (non-hydrogen) atoms. The van der Waals surface area contributed by atoms with E-state index >= 15 is 0 Å². The van der Waals surface area contributed by atoms with Crippen LogP contribution in [0.15, 0.2) is 35.5 Å². The summed E-state index contributed by atoms with van der Waals surface area (Å²) in [5.74, 6) is 0.574. The first-order valence-electron chi connectivity index (χ1n) is 8.87. The van der Waals surface area contributed by atoms with Crippen molar-refractivity contribution in [3.05, 3.63) is 41.1 Å². The van der Waals surface area contributed by atoms with Crippen molar-refractivity contribution in [2.24, 2.45) is 0 Å². The number of nitrogens with zero attached hydrogens (tertiary/aromatic N) is 4. The molecule has 0 aromatic carbocycles. The zero-order chi connectivity index (χ0) is 20.5. The molecule has 0 saturated carbocycles. The molecule has 0 atom stereocenters.